The molecule has 0 radical (unpaired) electrons. The van der Waals surface area contributed by atoms with Crippen LogP contribution in [0.3, 0.4) is 0 Å². The number of carbonyl (C=O) groups is 1. The van der Waals surface area contributed by atoms with E-state index in [4.69, 9.17) is 0 Å². The summed E-state index contributed by atoms with van der Waals surface area (Å²) < 4.78 is 0. The van der Waals surface area contributed by atoms with Crippen molar-refractivity contribution in [3.8, 4) is 5.75 Å². The lowest BCUT2D eigenvalue weighted by atomic mass is 10.1. The summed E-state index contributed by atoms with van der Waals surface area (Å²) in [5.74, 6) is -0.529. The summed E-state index contributed by atoms with van der Waals surface area (Å²) >= 11 is 0. The van der Waals surface area contributed by atoms with Crippen LogP contribution in [0.25, 0.3) is 10.8 Å². The van der Waals surface area contributed by atoms with Gasteiger partial charge in [-0.3, -0.25) is 9.63 Å². The molecule has 2 N–H and O–H groups in total. The van der Waals surface area contributed by atoms with E-state index >= 15 is 0 Å². The zero-order valence-corrected chi connectivity index (χ0v) is 8.73. The summed E-state index contributed by atoms with van der Waals surface area (Å²) in [6.07, 6.45) is 0. The van der Waals surface area contributed by atoms with Gasteiger partial charge in [0, 0.05) is 0 Å². The third kappa shape index (κ3) is 1.83. The maximum absolute atomic E-state index is 11.5. The van der Waals surface area contributed by atoms with Crippen molar-refractivity contribution < 1.29 is 14.7 Å². The molecule has 1 amide bonds. The number of phenolic OH excluding ortho intramolecular Hbond substituents is 1. The SMILES string of the molecule is CONC(=O)c1cc2ccccc2cc1O. The molecule has 0 aliphatic rings. The third-order valence-corrected chi connectivity index (χ3v) is 2.30. The van der Waals surface area contributed by atoms with E-state index in [9.17, 15) is 9.90 Å². The standard InChI is InChI=1S/C12H11NO3/c1-16-13-12(15)10-6-8-4-2-3-5-9(8)7-11(10)14/h2-7,14H,1H3,(H,13,15). The number of phenols is 1. The van der Waals surface area contributed by atoms with Gasteiger partial charge in [0.1, 0.15) is 5.75 Å². The highest BCUT2D eigenvalue weighted by Gasteiger charge is 2.11. The van der Waals surface area contributed by atoms with E-state index in [1.807, 2.05) is 24.3 Å². The summed E-state index contributed by atoms with van der Waals surface area (Å²) in [4.78, 5) is 16.0. The number of nitrogens with one attached hydrogen (secondary N) is 1. The van der Waals surface area contributed by atoms with Crippen molar-refractivity contribution in [2.75, 3.05) is 7.11 Å². The van der Waals surface area contributed by atoms with E-state index in [1.165, 1.54) is 7.11 Å². The minimum absolute atomic E-state index is 0.0618. The van der Waals surface area contributed by atoms with Crippen LogP contribution in [0.4, 0.5) is 0 Å². The molecule has 0 bridgehead atoms. The van der Waals surface area contributed by atoms with Crippen LogP contribution in [-0.2, 0) is 4.84 Å². The highest BCUT2D eigenvalue weighted by Crippen LogP contribution is 2.24. The Hall–Kier alpha value is -2.07. The van der Waals surface area contributed by atoms with Gasteiger partial charge < -0.3 is 5.11 Å². The first kappa shape index (κ1) is 10.4. The molecule has 4 nitrogen and oxygen atoms in total. The first-order chi connectivity index (χ1) is 7.72. The normalized spacial score (nSPS) is 10.3. The fourth-order valence-electron chi connectivity index (χ4n) is 1.56. The van der Waals surface area contributed by atoms with Crippen LogP contribution in [0, 0.1) is 0 Å². The molecule has 0 spiro atoms. The van der Waals surface area contributed by atoms with Gasteiger partial charge in [-0.15, -0.1) is 0 Å². The number of aromatic hydroxyl groups is 1. The van der Waals surface area contributed by atoms with Crippen LogP contribution >= 0.6 is 0 Å². The van der Waals surface area contributed by atoms with E-state index in [1.54, 1.807) is 12.1 Å². The van der Waals surface area contributed by atoms with Gasteiger partial charge in [-0.05, 0) is 22.9 Å². The predicted octanol–water partition coefficient (Wildman–Crippen LogP) is 1.84. The number of rotatable bonds is 2. The molecule has 0 unspecified atom stereocenters. The maximum Gasteiger partial charge on any atom is 0.278 e. The molecule has 0 fully saturated rings. The van der Waals surface area contributed by atoms with Crippen LogP contribution in [0.2, 0.25) is 0 Å². The number of hydrogen-bond acceptors (Lipinski definition) is 3. The first-order valence-electron chi connectivity index (χ1n) is 4.77. The molecule has 4 heteroatoms. The Kier molecular flexibility index (Phi) is 2.74. The largest absolute Gasteiger partial charge is 0.507 e. The quantitative estimate of drug-likeness (QED) is 0.754. The maximum atomic E-state index is 11.5. The second-order valence-corrected chi connectivity index (χ2v) is 3.35. The molecule has 16 heavy (non-hydrogen) atoms. The molecular weight excluding hydrogens is 206 g/mol. The molecule has 0 saturated heterocycles. The van der Waals surface area contributed by atoms with Crippen molar-refractivity contribution in [1.82, 2.24) is 5.48 Å². The van der Waals surface area contributed by atoms with E-state index in [0.717, 1.165) is 10.8 Å². The highest BCUT2D eigenvalue weighted by atomic mass is 16.6. The molecule has 0 aromatic heterocycles. The van der Waals surface area contributed by atoms with Gasteiger partial charge in [0.15, 0.2) is 0 Å². The second-order valence-electron chi connectivity index (χ2n) is 3.35. The third-order valence-electron chi connectivity index (χ3n) is 2.30. The van der Waals surface area contributed by atoms with Gasteiger partial charge in [-0.1, -0.05) is 24.3 Å². The van der Waals surface area contributed by atoms with E-state index in [-0.39, 0.29) is 11.3 Å². The number of amides is 1. The van der Waals surface area contributed by atoms with Gasteiger partial charge in [-0.25, -0.2) is 5.48 Å². The highest BCUT2D eigenvalue weighted by molar-refractivity contribution is 6.00. The molecule has 2 aromatic carbocycles. The molecule has 2 rings (SSSR count). The minimum Gasteiger partial charge on any atom is -0.507 e. The van der Waals surface area contributed by atoms with Crippen molar-refractivity contribution in [3.63, 3.8) is 0 Å². The molecule has 0 heterocycles. The van der Waals surface area contributed by atoms with Crippen molar-refractivity contribution in [2.24, 2.45) is 0 Å². The van der Waals surface area contributed by atoms with Crippen LogP contribution in [0.1, 0.15) is 10.4 Å². The van der Waals surface area contributed by atoms with Crippen LogP contribution in [0.5, 0.6) is 5.75 Å². The number of fused-ring (bicyclic) bond motifs is 1. The van der Waals surface area contributed by atoms with Crippen LogP contribution in [-0.4, -0.2) is 18.1 Å². The number of carbonyl (C=O) groups excluding carboxylic acids is 1. The molecule has 0 aliphatic carbocycles. The fourth-order valence-corrected chi connectivity index (χ4v) is 1.56. The van der Waals surface area contributed by atoms with Crippen molar-refractivity contribution in [2.45, 2.75) is 0 Å². The first-order valence-corrected chi connectivity index (χ1v) is 4.77. The van der Waals surface area contributed by atoms with Crippen LogP contribution < -0.4 is 5.48 Å². The summed E-state index contributed by atoms with van der Waals surface area (Å²) in [6, 6.07) is 10.7. The Bertz CT molecular complexity index is 537. The zero-order valence-electron chi connectivity index (χ0n) is 8.73. The molecule has 82 valence electrons. The summed E-state index contributed by atoms with van der Waals surface area (Å²) in [5, 5.41) is 11.5. The monoisotopic (exact) mass is 217 g/mol. The fraction of sp³-hybridized carbons (Fsp3) is 0.0833. The molecule has 0 atom stereocenters. The average molecular weight is 217 g/mol. The van der Waals surface area contributed by atoms with E-state index in [0.29, 0.717) is 0 Å². The van der Waals surface area contributed by atoms with Gasteiger partial charge >= 0.3 is 0 Å². The Balaban J connectivity index is 2.54. The molecule has 0 aliphatic heterocycles. The Labute approximate surface area is 92.4 Å². The summed E-state index contributed by atoms with van der Waals surface area (Å²) in [5.41, 5.74) is 2.36. The van der Waals surface area contributed by atoms with Crippen molar-refractivity contribution >= 4 is 16.7 Å². The topological polar surface area (TPSA) is 58.6 Å². The second kappa shape index (κ2) is 4.20. The molecule has 2 aromatic rings. The van der Waals surface area contributed by atoms with Crippen LogP contribution in [0.15, 0.2) is 36.4 Å². The van der Waals surface area contributed by atoms with Gasteiger partial charge in [-0.2, -0.15) is 0 Å². The van der Waals surface area contributed by atoms with Gasteiger partial charge in [0.25, 0.3) is 5.91 Å². The number of benzene rings is 2. The smallest absolute Gasteiger partial charge is 0.278 e. The summed E-state index contributed by atoms with van der Waals surface area (Å²) in [7, 11) is 1.34. The van der Waals surface area contributed by atoms with Crippen molar-refractivity contribution in [3.05, 3.63) is 42.0 Å². The molecular formula is C12H11NO3. The summed E-state index contributed by atoms with van der Waals surface area (Å²) in [6.45, 7) is 0. The zero-order chi connectivity index (χ0) is 11.5. The Morgan fingerprint density at radius 2 is 1.88 bits per heavy atom. The average Bonchev–Trinajstić information content (AvgIpc) is 2.28. The van der Waals surface area contributed by atoms with Crippen molar-refractivity contribution in [1.29, 1.82) is 0 Å². The molecule has 0 saturated carbocycles. The minimum atomic E-state index is -0.467. The lowest BCUT2D eigenvalue weighted by Crippen LogP contribution is -2.21. The van der Waals surface area contributed by atoms with Gasteiger partial charge in [0.05, 0.1) is 12.7 Å². The number of hydroxylamine groups is 1. The van der Waals surface area contributed by atoms with Gasteiger partial charge in [0.2, 0.25) is 0 Å². The lowest BCUT2D eigenvalue weighted by molar-refractivity contribution is 0.0535. The Morgan fingerprint density at radius 3 is 2.50 bits per heavy atom. The van der Waals surface area contributed by atoms with E-state index in [2.05, 4.69) is 10.3 Å². The lowest BCUT2D eigenvalue weighted by Gasteiger charge is -2.06. The van der Waals surface area contributed by atoms with E-state index < -0.39 is 5.91 Å². The number of hydrogen-bond donors (Lipinski definition) is 2. The Morgan fingerprint density at radius 1 is 1.25 bits per heavy atom. The predicted molar refractivity (Wildman–Crippen MR) is 60.1 cm³/mol.